The minimum Gasteiger partial charge on any atom is -0.497 e. The number of fused-ring (bicyclic) bond motifs is 1. The Morgan fingerprint density at radius 3 is 2.33 bits per heavy atom. The van der Waals surface area contributed by atoms with Gasteiger partial charge >= 0.3 is 0 Å². The van der Waals surface area contributed by atoms with Gasteiger partial charge in [-0.15, -0.1) is 0 Å². The van der Waals surface area contributed by atoms with E-state index in [1.54, 1.807) is 45.0 Å². The zero-order chi connectivity index (χ0) is 30.4. The van der Waals surface area contributed by atoms with E-state index in [0.29, 0.717) is 23.7 Å². The molecule has 4 rings (SSSR count). The Bertz CT molecular complexity index is 1530. The van der Waals surface area contributed by atoms with Gasteiger partial charge in [-0.3, -0.25) is 13.9 Å². The van der Waals surface area contributed by atoms with Crippen LogP contribution in [0.1, 0.15) is 26.3 Å². The first kappa shape index (κ1) is 30.6. The molecular formula is C30H34FN3O7S. The molecule has 2 amide bonds. The summed E-state index contributed by atoms with van der Waals surface area (Å²) in [6.45, 7) is 5.11. The number of carbonyl (C=O) groups excluding carboxylic acids is 2. The number of nitrogens with one attached hydrogen (secondary N) is 1. The molecule has 0 spiro atoms. The van der Waals surface area contributed by atoms with Gasteiger partial charge in [0.1, 0.15) is 37.4 Å². The number of carbonyl (C=O) groups is 2. The van der Waals surface area contributed by atoms with Crippen LogP contribution in [0.15, 0.2) is 71.6 Å². The lowest BCUT2D eigenvalue weighted by Crippen LogP contribution is -2.52. The molecule has 10 nitrogen and oxygen atoms in total. The first-order valence-electron chi connectivity index (χ1n) is 13.4. The van der Waals surface area contributed by atoms with Crippen LogP contribution in [0, 0.1) is 5.82 Å². The van der Waals surface area contributed by atoms with Crippen LogP contribution in [-0.2, 0) is 26.2 Å². The topological polar surface area (TPSA) is 114 Å². The molecule has 0 fully saturated rings. The van der Waals surface area contributed by atoms with Gasteiger partial charge in [-0.2, -0.15) is 0 Å². The molecule has 0 unspecified atom stereocenters. The molecule has 1 heterocycles. The minimum absolute atomic E-state index is 0.00401. The molecule has 0 radical (unpaired) electrons. The fraction of sp³-hybridized carbons (Fsp3) is 0.333. The van der Waals surface area contributed by atoms with E-state index in [4.69, 9.17) is 14.2 Å². The number of benzene rings is 3. The minimum atomic E-state index is -4.37. The molecule has 3 aromatic carbocycles. The first-order chi connectivity index (χ1) is 20.0. The summed E-state index contributed by atoms with van der Waals surface area (Å²) in [5.74, 6) is -0.391. The summed E-state index contributed by atoms with van der Waals surface area (Å²) >= 11 is 0. The molecular weight excluding hydrogens is 565 g/mol. The van der Waals surface area contributed by atoms with Crippen molar-refractivity contribution in [1.29, 1.82) is 0 Å². The number of nitrogens with zero attached hydrogens (tertiary/aromatic N) is 2. The van der Waals surface area contributed by atoms with Crippen molar-refractivity contribution < 1.29 is 36.6 Å². The highest BCUT2D eigenvalue weighted by molar-refractivity contribution is 7.92. The second-order valence-electron chi connectivity index (χ2n) is 10.0. The summed E-state index contributed by atoms with van der Waals surface area (Å²) in [6.07, 6.45) is 0. The average molecular weight is 600 g/mol. The predicted octanol–water partition coefficient (Wildman–Crippen LogP) is 3.74. The normalized spacial score (nSPS) is 13.3. The van der Waals surface area contributed by atoms with Crippen LogP contribution in [-0.4, -0.2) is 64.1 Å². The van der Waals surface area contributed by atoms with E-state index in [0.717, 1.165) is 16.4 Å². The van der Waals surface area contributed by atoms with Crippen LogP contribution in [0.2, 0.25) is 0 Å². The summed E-state index contributed by atoms with van der Waals surface area (Å²) in [7, 11) is -2.85. The lowest BCUT2D eigenvalue weighted by molar-refractivity contribution is -0.139. The Balaban J connectivity index is 1.72. The van der Waals surface area contributed by atoms with Crippen LogP contribution in [0.25, 0.3) is 0 Å². The van der Waals surface area contributed by atoms with Crippen LogP contribution in [0.5, 0.6) is 17.2 Å². The van der Waals surface area contributed by atoms with E-state index in [1.807, 2.05) is 0 Å². The number of sulfonamides is 1. The largest absolute Gasteiger partial charge is 0.497 e. The molecule has 1 atom stereocenters. The van der Waals surface area contributed by atoms with E-state index >= 15 is 0 Å². The van der Waals surface area contributed by atoms with E-state index in [2.05, 4.69) is 5.32 Å². The van der Waals surface area contributed by atoms with Crippen molar-refractivity contribution in [2.45, 2.75) is 44.3 Å². The third-order valence-electron chi connectivity index (χ3n) is 6.58. The fourth-order valence-corrected chi connectivity index (χ4v) is 5.83. The fourth-order valence-electron chi connectivity index (χ4n) is 4.40. The van der Waals surface area contributed by atoms with Gasteiger partial charge in [-0.05, 0) is 74.9 Å². The molecule has 3 aromatic rings. The number of amides is 2. The molecule has 0 aromatic heterocycles. The Hall–Kier alpha value is -4.32. The third kappa shape index (κ3) is 7.11. The molecule has 0 saturated heterocycles. The summed E-state index contributed by atoms with van der Waals surface area (Å²) in [6, 6.07) is 14.8. The van der Waals surface area contributed by atoms with Gasteiger partial charge in [0, 0.05) is 18.7 Å². The van der Waals surface area contributed by atoms with E-state index < -0.39 is 40.2 Å². The van der Waals surface area contributed by atoms with Crippen molar-refractivity contribution in [3.63, 3.8) is 0 Å². The van der Waals surface area contributed by atoms with Gasteiger partial charge in [0.15, 0.2) is 11.5 Å². The second-order valence-corrected chi connectivity index (χ2v) is 11.9. The van der Waals surface area contributed by atoms with Crippen molar-refractivity contribution >= 4 is 27.5 Å². The van der Waals surface area contributed by atoms with Crippen LogP contribution in [0.3, 0.4) is 0 Å². The maximum atomic E-state index is 14.0. The maximum absolute atomic E-state index is 14.0. The molecule has 0 saturated carbocycles. The molecule has 1 aliphatic heterocycles. The SMILES string of the molecule is COc1cccc(CN(C(=O)CN(c2ccc(F)cc2)S(=O)(=O)c2ccc3c(c2)OCCO3)[C@@H](C)C(=O)NC(C)C)c1. The van der Waals surface area contributed by atoms with E-state index in [9.17, 15) is 22.4 Å². The zero-order valence-corrected chi connectivity index (χ0v) is 24.7. The number of methoxy groups -OCH3 is 1. The summed E-state index contributed by atoms with van der Waals surface area (Å²) < 4.78 is 59.1. The highest BCUT2D eigenvalue weighted by Crippen LogP contribution is 2.34. The van der Waals surface area contributed by atoms with Gasteiger partial charge in [0.05, 0.1) is 17.7 Å². The lowest BCUT2D eigenvalue weighted by atomic mass is 10.1. The maximum Gasteiger partial charge on any atom is 0.264 e. The highest BCUT2D eigenvalue weighted by Gasteiger charge is 2.33. The summed E-state index contributed by atoms with van der Waals surface area (Å²) in [5, 5.41) is 2.81. The van der Waals surface area contributed by atoms with E-state index in [-0.39, 0.29) is 35.5 Å². The zero-order valence-electron chi connectivity index (χ0n) is 23.9. The average Bonchev–Trinajstić information content (AvgIpc) is 2.98. The second kappa shape index (κ2) is 13.1. The molecule has 224 valence electrons. The van der Waals surface area contributed by atoms with E-state index in [1.165, 1.54) is 42.3 Å². The Morgan fingerprint density at radius 2 is 1.67 bits per heavy atom. The van der Waals surface area contributed by atoms with Crippen molar-refractivity contribution in [1.82, 2.24) is 10.2 Å². The molecule has 0 bridgehead atoms. The number of hydrogen-bond donors (Lipinski definition) is 1. The Kier molecular flexibility index (Phi) is 9.56. The summed E-state index contributed by atoms with van der Waals surface area (Å²) in [4.78, 5) is 28.2. The molecule has 12 heteroatoms. The number of halogens is 1. The number of ether oxygens (including phenoxy) is 3. The molecule has 1 N–H and O–H groups in total. The number of rotatable bonds is 11. The van der Waals surface area contributed by atoms with Crippen molar-refractivity contribution in [3.8, 4) is 17.2 Å². The van der Waals surface area contributed by atoms with Gasteiger partial charge in [-0.25, -0.2) is 12.8 Å². The summed E-state index contributed by atoms with van der Waals surface area (Å²) in [5.41, 5.74) is 0.746. The first-order valence-corrected chi connectivity index (χ1v) is 14.8. The van der Waals surface area contributed by atoms with Crippen LogP contribution >= 0.6 is 0 Å². The lowest BCUT2D eigenvalue weighted by Gasteiger charge is -2.32. The standard InChI is InChI=1S/C30H34FN3O7S/c1-20(2)32-30(36)21(3)33(18-22-6-5-7-25(16-22)39-4)29(35)19-34(24-10-8-23(31)9-11-24)42(37,38)26-12-13-27-28(17-26)41-15-14-40-27/h5-13,16-17,20-21H,14-15,18-19H2,1-4H3,(H,32,36)/t21-/m0/s1. The van der Waals surface area contributed by atoms with Gasteiger partial charge < -0.3 is 24.4 Å². The molecule has 0 aliphatic carbocycles. The highest BCUT2D eigenvalue weighted by atomic mass is 32.2. The number of anilines is 1. The van der Waals surface area contributed by atoms with Gasteiger partial charge in [0.2, 0.25) is 11.8 Å². The Labute approximate surface area is 245 Å². The monoisotopic (exact) mass is 599 g/mol. The van der Waals surface area contributed by atoms with Crippen molar-refractivity contribution in [2.75, 3.05) is 31.2 Å². The van der Waals surface area contributed by atoms with Gasteiger partial charge in [-0.1, -0.05) is 12.1 Å². The van der Waals surface area contributed by atoms with Crippen molar-refractivity contribution in [3.05, 3.63) is 78.1 Å². The van der Waals surface area contributed by atoms with Gasteiger partial charge in [0.25, 0.3) is 10.0 Å². The third-order valence-corrected chi connectivity index (χ3v) is 8.35. The quantitative estimate of drug-likeness (QED) is 0.357. The smallest absolute Gasteiger partial charge is 0.264 e. The predicted molar refractivity (Wildman–Crippen MR) is 155 cm³/mol. The van der Waals surface area contributed by atoms with Crippen LogP contribution in [0.4, 0.5) is 10.1 Å². The number of hydrogen-bond acceptors (Lipinski definition) is 7. The van der Waals surface area contributed by atoms with Crippen LogP contribution < -0.4 is 23.8 Å². The Morgan fingerprint density at radius 1 is 0.976 bits per heavy atom. The molecule has 1 aliphatic rings. The van der Waals surface area contributed by atoms with Crippen molar-refractivity contribution in [2.24, 2.45) is 0 Å². The molecule has 42 heavy (non-hydrogen) atoms.